The van der Waals surface area contributed by atoms with E-state index in [0.717, 1.165) is 84.7 Å². The molecule has 1 aliphatic carbocycles. The molecule has 5 nitrogen and oxygen atoms in total. The van der Waals surface area contributed by atoms with Gasteiger partial charge in [0.15, 0.2) is 0 Å². The molecule has 1 fully saturated rings. The fraction of sp³-hybridized carbons (Fsp3) is 0.400. The van der Waals surface area contributed by atoms with Crippen molar-refractivity contribution in [1.82, 2.24) is 19.8 Å². The second-order valence-corrected chi connectivity index (χ2v) is 10.5. The van der Waals surface area contributed by atoms with E-state index in [9.17, 15) is 0 Å². The van der Waals surface area contributed by atoms with E-state index >= 15 is 0 Å². The number of benzene rings is 1. The Bertz CT molecular complexity index is 1290. The monoisotopic (exact) mass is 501 g/mol. The van der Waals surface area contributed by atoms with E-state index in [1.54, 1.807) is 6.20 Å². The molecule has 0 saturated carbocycles. The summed E-state index contributed by atoms with van der Waals surface area (Å²) in [7, 11) is 0. The normalized spacial score (nSPS) is 17.8. The van der Waals surface area contributed by atoms with E-state index in [1.807, 2.05) is 6.07 Å². The molecule has 2 aliphatic rings. The maximum absolute atomic E-state index is 6.92. The summed E-state index contributed by atoms with van der Waals surface area (Å²) >= 11 is 6.92. The lowest BCUT2D eigenvalue weighted by Gasteiger charge is -2.39. The number of halogens is 1. The topological polar surface area (TPSA) is 58.3 Å². The third kappa shape index (κ3) is 4.94. The van der Waals surface area contributed by atoms with Gasteiger partial charge in [0.25, 0.3) is 0 Å². The van der Waals surface area contributed by atoms with Crippen molar-refractivity contribution in [1.29, 1.82) is 0 Å². The molecule has 2 aromatic heterocycles. The van der Waals surface area contributed by atoms with Crippen molar-refractivity contribution >= 4 is 34.0 Å². The molecule has 0 spiro atoms. The maximum Gasteiger partial charge on any atom is 0.123 e. The van der Waals surface area contributed by atoms with Crippen LogP contribution in [0.1, 0.15) is 60.9 Å². The van der Waals surface area contributed by atoms with Gasteiger partial charge in [0.1, 0.15) is 5.82 Å². The van der Waals surface area contributed by atoms with Crippen LogP contribution in [0.3, 0.4) is 0 Å². The molecular weight excluding hydrogens is 466 g/mol. The number of nitrogen functional groups attached to an aromatic ring is 1. The zero-order valence-corrected chi connectivity index (χ0v) is 22.0. The van der Waals surface area contributed by atoms with Gasteiger partial charge in [-0.3, -0.25) is 4.98 Å². The number of fused-ring (bicyclic) bond motifs is 2. The standard InChI is InChI=1S/C30H36ClN5/c1-4-5-6-20(2)35-13-15-36(16-14-35)21(3)22-7-9-25-27(17-22)34-28-18-23(8-10-26(28)30(25)31)24-11-12-33-29(32)19-24/h7,9,11-12,17,19,23H,2-6,8,10,13-16,18H2,1H3,(H2,32,33). The van der Waals surface area contributed by atoms with Crippen molar-refractivity contribution < 1.29 is 0 Å². The Morgan fingerprint density at radius 1 is 1.11 bits per heavy atom. The number of allylic oxidation sites excluding steroid dienone is 1. The van der Waals surface area contributed by atoms with Gasteiger partial charge in [0.2, 0.25) is 0 Å². The molecule has 2 N–H and O–H groups in total. The van der Waals surface area contributed by atoms with Crippen LogP contribution in [0.5, 0.6) is 0 Å². The fourth-order valence-corrected chi connectivity index (χ4v) is 5.95. The highest BCUT2D eigenvalue weighted by Gasteiger charge is 2.25. The first-order chi connectivity index (χ1) is 17.4. The Labute approximate surface area is 219 Å². The number of nitrogens with zero attached hydrogens (tertiary/aromatic N) is 4. The first-order valence-electron chi connectivity index (χ1n) is 13.1. The SMILES string of the molecule is C=C(CCCC)N1CCN(C(=C)c2ccc3c(Cl)c4c(nc3c2)CC(c2ccnc(N)c2)CC4)CC1. The van der Waals surface area contributed by atoms with Crippen LogP contribution in [-0.4, -0.2) is 45.9 Å². The number of aromatic nitrogens is 2. The lowest BCUT2D eigenvalue weighted by atomic mass is 9.82. The number of anilines is 1. The summed E-state index contributed by atoms with van der Waals surface area (Å²) in [4.78, 5) is 14.1. The highest BCUT2D eigenvalue weighted by molar-refractivity contribution is 6.36. The van der Waals surface area contributed by atoms with E-state index in [2.05, 4.69) is 59.1 Å². The number of unbranched alkanes of at least 4 members (excludes halogenated alkanes) is 1. The molecule has 3 aromatic rings. The van der Waals surface area contributed by atoms with Crippen molar-refractivity contribution in [2.75, 3.05) is 31.9 Å². The van der Waals surface area contributed by atoms with E-state index in [1.165, 1.54) is 29.7 Å². The average molecular weight is 502 g/mol. The number of piperazine rings is 1. The molecule has 1 atom stereocenters. The van der Waals surface area contributed by atoms with Gasteiger partial charge < -0.3 is 15.5 Å². The number of pyridine rings is 2. The summed E-state index contributed by atoms with van der Waals surface area (Å²) < 4.78 is 0. The summed E-state index contributed by atoms with van der Waals surface area (Å²) in [6, 6.07) is 10.5. The second kappa shape index (κ2) is 10.5. The predicted molar refractivity (Wildman–Crippen MR) is 151 cm³/mol. The molecular formula is C30H36ClN5. The Morgan fingerprint density at radius 3 is 2.64 bits per heavy atom. The zero-order chi connectivity index (χ0) is 25.2. The van der Waals surface area contributed by atoms with Crippen molar-refractivity contribution in [3.05, 3.63) is 82.8 Å². The number of hydrogen-bond acceptors (Lipinski definition) is 5. The van der Waals surface area contributed by atoms with Crippen LogP contribution < -0.4 is 5.73 Å². The summed E-state index contributed by atoms with van der Waals surface area (Å²) in [6.07, 6.45) is 8.12. The van der Waals surface area contributed by atoms with Gasteiger partial charge in [-0.05, 0) is 72.9 Å². The van der Waals surface area contributed by atoms with E-state index in [-0.39, 0.29) is 0 Å². The average Bonchev–Trinajstić information content (AvgIpc) is 2.91. The first kappa shape index (κ1) is 24.6. The Hall–Kier alpha value is -3.05. The van der Waals surface area contributed by atoms with Crippen molar-refractivity contribution in [2.24, 2.45) is 0 Å². The lowest BCUT2D eigenvalue weighted by Crippen LogP contribution is -2.44. The van der Waals surface area contributed by atoms with Crippen molar-refractivity contribution in [2.45, 2.75) is 51.4 Å². The minimum Gasteiger partial charge on any atom is -0.384 e. The van der Waals surface area contributed by atoms with Crippen LogP contribution in [0.4, 0.5) is 5.82 Å². The lowest BCUT2D eigenvalue weighted by molar-refractivity contribution is 0.209. The zero-order valence-electron chi connectivity index (χ0n) is 21.3. The Morgan fingerprint density at radius 2 is 1.89 bits per heavy atom. The van der Waals surface area contributed by atoms with Gasteiger partial charge in [0.05, 0.1) is 10.5 Å². The molecule has 3 heterocycles. The molecule has 0 radical (unpaired) electrons. The summed E-state index contributed by atoms with van der Waals surface area (Å²) in [5.41, 5.74) is 13.8. The molecule has 0 amide bonds. The van der Waals surface area contributed by atoms with Crippen LogP contribution in [0, 0.1) is 0 Å². The minimum atomic E-state index is 0.380. The van der Waals surface area contributed by atoms with E-state index in [0.29, 0.717) is 11.7 Å². The smallest absolute Gasteiger partial charge is 0.123 e. The Kier molecular flexibility index (Phi) is 7.20. The van der Waals surface area contributed by atoms with Gasteiger partial charge in [-0.2, -0.15) is 0 Å². The third-order valence-electron chi connectivity index (χ3n) is 7.82. The second-order valence-electron chi connectivity index (χ2n) is 10.1. The molecule has 188 valence electrons. The molecule has 1 saturated heterocycles. The molecule has 1 aliphatic heterocycles. The Balaban J connectivity index is 1.34. The summed E-state index contributed by atoms with van der Waals surface area (Å²) in [6.45, 7) is 14.9. The highest BCUT2D eigenvalue weighted by Crippen LogP contribution is 2.39. The highest BCUT2D eigenvalue weighted by atomic mass is 35.5. The van der Waals surface area contributed by atoms with Crippen LogP contribution in [-0.2, 0) is 12.8 Å². The van der Waals surface area contributed by atoms with Crippen molar-refractivity contribution in [3.63, 3.8) is 0 Å². The van der Waals surface area contributed by atoms with Crippen LogP contribution >= 0.6 is 11.6 Å². The van der Waals surface area contributed by atoms with E-state index in [4.69, 9.17) is 22.3 Å². The fourth-order valence-electron chi connectivity index (χ4n) is 5.59. The first-order valence-corrected chi connectivity index (χ1v) is 13.5. The molecule has 0 bridgehead atoms. The largest absolute Gasteiger partial charge is 0.384 e. The molecule has 5 rings (SSSR count). The number of rotatable bonds is 7. The van der Waals surface area contributed by atoms with Gasteiger partial charge >= 0.3 is 0 Å². The molecule has 36 heavy (non-hydrogen) atoms. The number of nitrogens with two attached hydrogens (primary N) is 1. The third-order valence-corrected chi connectivity index (χ3v) is 8.25. The molecule has 1 unspecified atom stereocenters. The van der Waals surface area contributed by atoms with Crippen LogP contribution in [0.2, 0.25) is 5.02 Å². The predicted octanol–water partition coefficient (Wildman–Crippen LogP) is 6.43. The molecule has 1 aromatic carbocycles. The maximum atomic E-state index is 6.92. The minimum absolute atomic E-state index is 0.380. The van der Waals surface area contributed by atoms with E-state index < -0.39 is 0 Å². The van der Waals surface area contributed by atoms with Gasteiger partial charge in [0, 0.05) is 54.9 Å². The van der Waals surface area contributed by atoms with Gasteiger partial charge in [-0.15, -0.1) is 0 Å². The summed E-state index contributed by atoms with van der Waals surface area (Å²) in [5, 5.41) is 1.87. The quantitative estimate of drug-likeness (QED) is 0.404. The van der Waals surface area contributed by atoms with Crippen molar-refractivity contribution in [3.8, 4) is 0 Å². The molecule has 6 heteroatoms. The van der Waals surface area contributed by atoms with Gasteiger partial charge in [-0.25, -0.2) is 4.98 Å². The number of hydrogen-bond donors (Lipinski definition) is 1. The van der Waals surface area contributed by atoms with Crippen LogP contribution in [0.15, 0.2) is 55.4 Å². The summed E-state index contributed by atoms with van der Waals surface area (Å²) in [5.74, 6) is 0.947. The van der Waals surface area contributed by atoms with Gasteiger partial charge in [-0.1, -0.05) is 50.2 Å². The van der Waals surface area contributed by atoms with Crippen LogP contribution in [0.25, 0.3) is 16.6 Å².